The Labute approximate surface area is 136 Å². The highest BCUT2D eigenvalue weighted by molar-refractivity contribution is 14.1. The first-order valence-electron chi connectivity index (χ1n) is 5.86. The minimum absolute atomic E-state index is 0.457. The summed E-state index contributed by atoms with van der Waals surface area (Å²) in [6.45, 7) is 2.03. The highest BCUT2D eigenvalue weighted by Gasteiger charge is 2.15. The Balaban J connectivity index is 2.28. The van der Waals surface area contributed by atoms with E-state index in [9.17, 15) is 5.11 Å². The summed E-state index contributed by atoms with van der Waals surface area (Å²) in [4.78, 5) is 0. The molecule has 0 fully saturated rings. The molecular formula is C15H13Cl2IO. The van der Waals surface area contributed by atoms with Gasteiger partial charge in [0.05, 0.1) is 6.10 Å². The lowest BCUT2D eigenvalue weighted by Gasteiger charge is -2.15. The minimum Gasteiger partial charge on any atom is -0.388 e. The molecule has 1 N–H and O–H groups in total. The predicted octanol–water partition coefficient (Wildman–Crippen LogP) is 5.18. The Kier molecular flexibility index (Phi) is 5.12. The van der Waals surface area contributed by atoms with Gasteiger partial charge in [-0.2, -0.15) is 0 Å². The molecule has 1 atom stereocenters. The van der Waals surface area contributed by atoms with Crippen LogP contribution in [0.3, 0.4) is 0 Å². The molecule has 0 amide bonds. The average molecular weight is 407 g/mol. The van der Waals surface area contributed by atoms with E-state index in [1.807, 2.05) is 25.1 Å². The number of aliphatic hydroxyl groups is 1. The first-order chi connectivity index (χ1) is 8.99. The fraction of sp³-hybridized carbons (Fsp3) is 0.200. The summed E-state index contributed by atoms with van der Waals surface area (Å²) >= 11 is 14.3. The van der Waals surface area contributed by atoms with E-state index < -0.39 is 6.10 Å². The zero-order valence-electron chi connectivity index (χ0n) is 10.3. The van der Waals surface area contributed by atoms with E-state index in [1.54, 1.807) is 18.2 Å². The maximum atomic E-state index is 10.4. The Bertz CT molecular complexity index is 599. The van der Waals surface area contributed by atoms with Crippen molar-refractivity contribution in [1.82, 2.24) is 0 Å². The lowest BCUT2D eigenvalue weighted by Crippen LogP contribution is -2.05. The first-order valence-corrected chi connectivity index (χ1v) is 7.69. The number of rotatable bonds is 3. The van der Waals surface area contributed by atoms with Gasteiger partial charge in [-0.05, 0) is 64.4 Å². The second kappa shape index (κ2) is 6.44. The van der Waals surface area contributed by atoms with Gasteiger partial charge in [-0.25, -0.2) is 0 Å². The number of hydrogen-bond acceptors (Lipinski definition) is 1. The monoisotopic (exact) mass is 406 g/mol. The van der Waals surface area contributed by atoms with Crippen LogP contribution in [0.4, 0.5) is 0 Å². The van der Waals surface area contributed by atoms with Crippen LogP contribution in [-0.4, -0.2) is 5.11 Å². The molecule has 0 saturated heterocycles. The molecule has 2 aromatic rings. The van der Waals surface area contributed by atoms with Gasteiger partial charge in [-0.1, -0.05) is 41.4 Å². The van der Waals surface area contributed by atoms with E-state index in [1.165, 1.54) is 0 Å². The Morgan fingerprint density at radius 3 is 2.68 bits per heavy atom. The van der Waals surface area contributed by atoms with E-state index in [0.717, 1.165) is 20.3 Å². The molecule has 19 heavy (non-hydrogen) atoms. The topological polar surface area (TPSA) is 20.2 Å². The Morgan fingerprint density at radius 2 is 1.95 bits per heavy atom. The molecule has 4 heteroatoms. The number of halogens is 3. The highest BCUT2D eigenvalue weighted by atomic mass is 127. The van der Waals surface area contributed by atoms with Gasteiger partial charge in [-0.15, -0.1) is 0 Å². The zero-order valence-corrected chi connectivity index (χ0v) is 14.0. The Morgan fingerprint density at radius 1 is 1.21 bits per heavy atom. The number of hydrogen-bond donors (Lipinski definition) is 1. The smallest absolute Gasteiger partial charge is 0.0841 e. The molecule has 1 nitrogen and oxygen atoms in total. The van der Waals surface area contributed by atoms with Crippen LogP contribution in [0.25, 0.3) is 0 Å². The van der Waals surface area contributed by atoms with Crippen molar-refractivity contribution >= 4 is 45.8 Å². The largest absolute Gasteiger partial charge is 0.388 e. The van der Waals surface area contributed by atoms with E-state index >= 15 is 0 Å². The third-order valence-corrected chi connectivity index (χ3v) is 5.08. The molecule has 2 rings (SSSR count). The summed E-state index contributed by atoms with van der Waals surface area (Å²) in [5.41, 5.74) is 2.95. The molecule has 0 aliphatic rings. The molecule has 0 radical (unpaired) electrons. The van der Waals surface area contributed by atoms with Gasteiger partial charge in [-0.3, -0.25) is 0 Å². The average Bonchev–Trinajstić information content (AvgIpc) is 2.37. The summed E-state index contributed by atoms with van der Waals surface area (Å²) in [6.07, 6.45) is -0.124. The summed E-state index contributed by atoms with van der Waals surface area (Å²) in [5.74, 6) is 0. The van der Waals surface area contributed by atoms with Crippen molar-refractivity contribution in [3.8, 4) is 0 Å². The lowest BCUT2D eigenvalue weighted by molar-refractivity contribution is 0.177. The van der Waals surface area contributed by atoms with Gasteiger partial charge < -0.3 is 5.11 Å². The fourth-order valence-corrected chi connectivity index (χ4v) is 3.05. The van der Waals surface area contributed by atoms with Crippen molar-refractivity contribution in [2.75, 3.05) is 0 Å². The second-order valence-corrected chi connectivity index (χ2v) is 6.36. The molecular weight excluding hydrogens is 394 g/mol. The molecule has 0 bridgehead atoms. The van der Waals surface area contributed by atoms with E-state index in [4.69, 9.17) is 23.2 Å². The van der Waals surface area contributed by atoms with Gasteiger partial charge in [0, 0.05) is 20.0 Å². The van der Waals surface area contributed by atoms with E-state index in [2.05, 4.69) is 22.6 Å². The lowest BCUT2D eigenvalue weighted by atomic mass is 10.00. The molecule has 0 aliphatic heterocycles. The normalized spacial score (nSPS) is 12.5. The van der Waals surface area contributed by atoms with Crippen molar-refractivity contribution in [1.29, 1.82) is 0 Å². The molecule has 0 aromatic heterocycles. The van der Waals surface area contributed by atoms with Crippen LogP contribution >= 0.6 is 45.8 Å². The van der Waals surface area contributed by atoms with Crippen molar-refractivity contribution in [3.63, 3.8) is 0 Å². The highest BCUT2D eigenvalue weighted by Crippen LogP contribution is 2.29. The van der Waals surface area contributed by atoms with Gasteiger partial charge in [0.15, 0.2) is 0 Å². The molecule has 0 heterocycles. The fourth-order valence-electron chi connectivity index (χ4n) is 1.95. The van der Waals surface area contributed by atoms with Crippen LogP contribution < -0.4 is 0 Å². The summed E-state index contributed by atoms with van der Waals surface area (Å²) in [6, 6.07) is 11.2. The van der Waals surface area contributed by atoms with Crippen LogP contribution in [0.15, 0.2) is 36.4 Å². The Hall–Kier alpha value is -0.290. The second-order valence-electron chi connectivity index (χ2n) is 4.43. The molecule has 0 spiro atoms. The summed E-state index contributed by atoms with van der Waals surface area (Å²) in [7, 11) is 0. The van der Waals surface area contributed by atoms with E-state index in [-0.39, 0.29) is 0 Å². The van der Waals surface area contributed by atoms with Gasteiger partial charge in [0.25, 0.3) is 0 Å². The SMILES string of the molecule is Cc1cccc(C(O)Cc2cc(Cl)ccc2Cl)c1I. The third kappa shape index (κ3) is 3.63. The van der Waals surface area contributed by atoms with Crippen LogP contribution in [0.2, 0.25) is 10.0 Å². The van der Waals surface area contributed by atoms with Gasteiger partial charge in [0.1, 0.15) is 0 Å². The molecule has 0 saturated carbocycles. The minimum atomic E-state index is -0.581. The standard InChI is InChI=1S/C15H13Cl2IO/c1-9-3-2-4-12(15(9)18)14(19)8-10-7-11(16)5-6-13(10)17/h2-7,14,19H,8H2,1H3. The van der Waals surface area contributed by atoms with Gasteiger partial charge in [0.2, 0.25) is 0 Å². The van der Waals surface area contributed by atoms with Crippen LogP contribution in [0.5, 0.6) is 0 Å². The van der Waals surface area contributed by atoms with E-state index in [0.29, 0.717) is 16.5 Å². The number of benzene rings is 2. The van der Waals surface area contributed by atoms with Crippen molar-refractivity contribution in [3.05, 3.63) is 66.7 Å². The van der Waals surface area contributed by atoms with Crippen LogP contribution in [0, 0.1) is 10.5 Å². The number of aryl methyl sites for hydroxylation is 1. The van der Waals surface area contributed by atoms with Crippen molar-refractivity contribution < 1.29 is 5.11 Å². The van der Waals surface area contributed by atoms with Gasteiger partial charge >= 0.3 is 0 Å². The molecule has 1 unspecified atom stereocenters. The molecule has 0 aliphatic carbocycles. The summed E-state index contributed by atoms with van der Waals surface area (Å²) < 4.78 is 1.09. The molecule has 100 valence electrons. The van der Waals surface area contributed by atoms with Crippen molar-refractivity contribution in [2.24, 2.45) is 0 Å². The zero-order chi connectivity index (χ0) is 14.0. The predicted molar refractivity (Wildman–Crippen MR) is 89.0 cm³/mol. The quantitative estimate of drug-likeness (QED) is 0.696. The maximum absolute atomic E-state index is 10.4. The van der Waals surface area contributed by atoms with Crippen molar-refractivity contribution in [2.45, 2.75) is 19.4 Å². The van der Waals surface area contributed by atoms with Crippen LogP contribution in [0.1, 0.15) is 22.8 Å². The summed E-state index contributed by atoms with van der Waals surface area (Å²) in [5, 5.41) is 11.6. The first kappa shape index (κ1) is 15.1. The molecule has 2 aromatic carbocycles. The third-order valence-electron chi connectivity index (χ3n) is 3.00. The van der Waals surface area contributed by atoms with Crippen LogP contribution in [-0.2, 0) is 6.42 Å². The number of aliphatic hydroxyl groups excluding tert-OH is 1. The maximum Gasteiger partial charge on any atom is 0.0841 e.